The zero-order chi connectivity index (χ0) is 14.8. The van der Waals surface area contributed by atoms with E-state index < -0.39 is 0 Å². The van der Waals surface area contributed by atoms with Crippen LogP contribution in [0.2, 0.25) is 0 Å². The quantitative estimate of drug-likeness (QED) is 0.916. The number of nitrogens with two attached hydrogens (primary N) is 1. The van der Waals surface area contributed by atoms with E-state index >= 15 is 0 Å². The molecule has 3 heterocycles. The molecular formula is C14H17N5OS. The van der Waals surface area contributed by atoms with Crippen molar-refractivity contribution in [2.75, 3.05) is 18.8 Å². The zero-order valence-corrected chi connectivity index (χ0v) is 12.6. The van der Waals surface area contributed by atoms with E-state index in [2.05, 4.69) is 15.0 Å². The van der Waals surface area contributed by atoms with Crippen molar-refractivity contribution in [3.63, 3.8) is 0 Å². The fraction of sp³-hybridized carbons (Fsp3) is 0.429. The molecule has 1 atom stereocenters. The van der Waals surface area contributed by atoms with Gasteiger partial charge in [-0.25, -0.2) is 4.98 Å². The van der Waals surface area contributed by atoms with E-state index in [4.69, 9.17) is 5.73 Å². The van der Waals surface area contributed by atoms with Crippen LogP contribution in [-0.4, -0.2) is 38.8 Å². The minimum Gasteiger partial charge on any atom is -0.375 e. The van der Waals surface area contributed by atoms with Crippen LogP contribution in [0.4, 0.5) is 5.13 Å². The first-order valence-corrected chi connectivity index (χ1v) is 7.74. The lowest BCUT2D eigenvalue weighted by Crippen LogP contribution is -2.37. The molecule has 110 valence electrons. The van der Waals surface area contributed by atoms with Gasteiger partial charge in [-0.15, -0.1) is 0 Å². The standard InChI is InChI=1S/C14H17N5OS/c1-9(20)19-4-2-3-10(8-19)11-5-17-12(6-16-11)13-7-18-14(15)21-13/h5-7,10H,2-4,8H2,1H3,(H2,15,18)/t10-/m1/s1. The molecule has 0 radical (unpaired) electrons. The Morgan fingerprint density at radius 1 is 1.33 bits per heavy atom. The maximum Gasteiger partial charge on any atom is 0.219 e. The molecule has 1 amide bonds. The first-order chi connectivity index (χ1) is 10.1. The van der Waals surface area contributed by atoms with Gasteiger partial charge in [-0.2, -0.15) is 0 Å². The van der Waals surface area contributed by atoms with Crippen LogP contribution in [0.3, 0.4) is 0 Å². The Morgan fingerprint density at radius 3 is 2.81 bits per heavy atom. The van der Waals surface area contributed by atoms with Gasteiger partial charge in [0.15, 0.2) is 5.13 Å². The molecule has 6 nitrogen and oxygen atoms in total. The molecule has 2 N–H and O–H groups in total. The van der Waals surface area contributed by atoms with Crippen LogP contribution in [0.25, 0.3) is 10.6 Å². The maximum absolute atomic E-state index is 11.5. The van der Waals surface area contributed by atoms with Gasteiger partial charge < -0.3 is 10.6 Å². The monoisotopic (exact) mass is 303 g/mol. The number of amides is 1. The van der Waals surface area contributed by atoms with Crippen LogP contribution < -0.4 is 5.73 Å². The van der Waals surface area contributed by atoms with Crippen molar-refractivity contribution in [3.8, 4) is 10.6 Å². The Balaban J connectivity index is 1.76. The predicted molar refractivity (Wildman–Crippen MR) is 81.8 cm³/mol. The van der Waals surface area contributed by atoms with Gasteiger partial charge in [0, 0.05) is 38.3 Å². The van der Waals surface area contributed by atoms with Crippen LogP contribution in [0.15, 0.2) is 18.6 Å². The van der Waals surface area contributed by atoms with Crippen molar-refractivity contribution in [1.29, 1.82) is 0 Å². The number of nitrogen functional groups attached to an aromatic ring is 1. The van der Waals surface area contributed by atoms with E-state index in [0.717, 1.165) is 42.2 Å². The van der Waals surface area contributed by atoms with Gasteiger partial charge in [0.2, 0.25) is 5.91 Å². The van der Waals surface area contributed by atoms with Crippen LogP contribution >= 0.6 is 11.3 Å². The summed E-state index contributed by atoms with van der Waals surface area (Å²) in [5.41, 5.74) is 7.36. The number of anilines is 1. The topological polar surface area (TPSA) is 85.0 Å². The van der Waals surface area contributed by atoms with Crippen molar-refractivity contribution >= 4 is 22.4 Å². The highest BCUT2D eigenvalue weighted by Gasteiger charge is 2.24. The smallest absolute Gasteiger partial charge is 0.219 e. The lowest BCUT2D eigenvalue weighted by atomic mass is 9.95. The number of piperidine rings is 1. The third-order valence-corrected chi connectivity index (χ3v) is 4.58. The number of likely N-dealkylation sites (tertiary alicyclic amines) is 1. The van der Waals surface area contributed by atoms with E-state index in [1.807, 2.05) is 4.90 Å². The molecule has 1 aliphatic rings. The molecule has 1 aliphatic heterocycles. The summed E-state index contributed by atoms with van der Waals surface area (Å²) in [5.74, 6) is 0.403. The summed E-state index contributed by atoms with van der Waals surface area (Å²) in [6.07, 6.45) is 7.33. The Labute approximate surface area is 127 Å². The second-order valence-electron chi connectivity index (χ2n) is 5.19. The van der Waals surface area contributed by atoms with Crippen LogP contribution in [0.1, 0.15) is 31.4 Å². The highest BCUT2D eigenvalue weighted by Crippen LogP contribution is 2.28. The molecule has 1 fully saturated rings. The van der Waals surface area contributed by atoms with Crippen molar-refractivity contribution in [2.45, 2.75) is 25.7 Å². The molecular weight excluding hydrogens is 286 g/mol. The number of aromatic nitrogens is 3. The lowest BCUT2D eigenvalue weighted by Gasteiger charge is -2.31. The molecule has 0 saturated carbocycles. The second kappa shape index (κ2) is 5.77. The Hall–Kier alpha value is -2.02. The number of rotatable bonds is 2. The van der Waals surface area contributed by atoms with Crippen LogP contribution in [-0.2, 0) is 4.79 Å². The average molecular weight is 303 g/mol. The predicted octanol–water partition coefficient (Wildman–Crippen LogP) is 1.91. The molecule has 7 heteroatoms. The summed E-state index contributed by atoms with van der Waals surface area (Å²) in [6.45, 7) is 3.19. The third kappa shape index (κ3) is 3.02. The van der Waals surface area contributed by atoms with Crippen molar-refractivity contribution in [3.05, 3.63) is 24.3 Å². The first-order valence-electron chi connectivity index (χ1n) is 6.92. The van der Waals surface area contributed by atoms with Gasteiger partial charge in [-0.3, -0.25) is 14.8 Å². The van der Waals surface area contributed by atoms with Gasteiger partial charge in [-0.05, 0) is 12.8 Å². The first kappa shape index (κ1) is 13.9. The van der Waals surface area contributed by atoms with E-state index in [1.54, 1.807) is 25.5 Å². The van der Waals surface area contributed by atoms with Crippen molar-refractivity contribution in [2.24, 2.45) is 0 Å². The van der Waals surface area contributed by atoms with Gasteiger partial charge in [0.05, 0.1) is 16.8 Å². The zero-order valence-electron chi connectivity index (χ0n) is 11.8. The molecule has 1 saturated heterocycles. The van der Waals surface area contributed by atoms with Crippen LogP contribution in [0, 0.1) is 0 Å². The molecule has 0 aliphatic carbocycles. The van der Waals surface area contributed by atoms with Crippen molar-refractivity contribution in [1.82, 2.24) is 19.9 Å². The van der Waals surface area contributed by atoms with E-state index in [1.165, 1.54) is 11.3 Å². The van der Waals surface area contributed by atoms with Crippen molar-refractivity contribution < 1.29 is 4.79 Å². The molecule has 3 rings (SSSR count). The summed E-state index contributed by atoms with van der Waals surface area (Å²) < 4.78 is 0. The maximum atomic E-state index is 11.5. The van der Waals surface area contributed by atoms with E-state index in [9.17, 15) is 4.79 Å². The molecule has 0 aromatic carbocycles. The number of hydrogen-bond acceptors (Lipinski definition) is 6. The SMILES string of the molecule is CC(=O)N1CCC[C@@H](c2cnc(-c3cnc(N)s3)cn2)C1. The fourth-order valence-electron chi connectivity index (χ4n) is 2.59. The molecule has 0 unspecified atom stereocenters. The highest BCUT2D eigenvalue weighted by molar-refractivity contribution is 7.18. The molecule has 0 bridgehead atoms. The fourth-order valence-corrected chi connectivity index (χ4v) is 3.23. The number of nitrogens with zero attached hydrogens (tertiary/aromatic N) is 4. The number of hydrogen-bond donors (Lipinski definition) is 1. The highest BCUT2D eigenvalue weighted by atomic mass is 32.1. The summed E-state index contributed by atoms with van der Waals surface area (Å²) in [7, 11) is 0. The van der Waals surface area contributed by atoms with Crippen LogP contribution in [0.5, 0.6) is 0 Å². The Kier molecular flexibility index (Phi) is 3.83. The minimum atomic E-state index is 0.129. The second-order valence-corrected chi connectivity index (χ2v) is 6.26. The molecule has 2 aromatic heterocycles. The minimum absolute atomic E-state index is 0.129. The third-order valence-electron chi connectivity index (χ3n) is 3.73. The van der Waals surface area contributed by atoms with E-state index in [-0.39, 0.29) is 11.8 Å². The molecule has 2 aromatic rings. The molecule has 0 spiro atoms. The summed E-state index contributed by atoms with van der Waals surface area (Å²) in [5, 5.41) is 0.528. The van der Waals surface area contributed by atoms with Gasteiger partial charge in [0.25, 0.3) is 0 Å². The Bertz CT molecular complexity index is 639. The summed E-state index contributed by atoms with van der Waals surface area (Å²) in [6, 6.07) is 0. The number of carbonyl (C=O) groups is 1. The average Bonchev–Trinajstić information content (AvgIpc) is 2.94. The number of thiazole rings is 1. The normalized spacial score (nSPS) is 18.7. The van der Waals surface area contributed by atoms with E-state index in [0.29, 0.717) is 5.13 Å². The molecule has 21 heavy (non-hydrogen) atoms. The van der Waals surface area contributed by atoms with Gasteiger partial charge in [0.1, 0.15) is 5.69 Å². The summed E-state index contributed by atoms with van der Waals surface area (Å²) in [4.78, 5) is 27.3. The largest absolute Gasteiger partial charge is 0.375 e. The van der Waals surface area contributed by atoms with Gasteiger partial charge in [-0.1, -0.05) is 11.3 Å². The Morgan fingerprint density at radius 2 is 2.19 bits per heavy atom. The lowest BCUT2D eigenvalue weighted by molar-refractivity contribution is -0.130. The number of carbonyl (C=O) groups excluding carboxylic acids is 1. The van der Waals surface area contributed by atoms with Gasteiger partial charge >= 0.3 is 0 Å². The summed E-state index contributed by atoms with van der Waals surface area (Å²) >= 11 is 1.40.